The van der Waals surface area contributed by atoms with Gasteiger partial charge in [-0.15, -0.1) is 0 Å². The molecule has 0 aromatic heterocycles. The molecule has 2 amide bonds. The second-order valence-electron chi connectivity index (χ2n) is 6.62. The zero-order valence-electron chi connectivity index (χ0n) is 15.8. The number of nitrogens with one attached hydrogen (secondary N) is 3. The quantitative estimate of drug-likeness (QED) is 0.571. The molecule has 0 unspecified atom stereocenters. The average Bonchev–Trinajstić information content (AvgIpc) is 2.72. The third kappa shape index (κ3) is 5.36. The molecule has 3 aromatic carbocycles. The standard InChI is InChI=1S/C22H21F2N3O2/c1-14(17-8-4-6-15-5-2-3-7-18(15)17)25-12-21(28)26-13-22(29)27-16-9-10-19(23)20(24)11-16/h2-11,14,25H,12-13H2,1H3,(H,26,28)(H,27,29)/t14-/m1/s1. The summed E-state index contributed by atoms with van der Waals surface area (Å²) in [5, 5.41) is 10.3. The SMILES string of the molecule is C[C@@H](NCC(=O)NCC(=O)Nc1ccc(F)c(F)c1)c1cccc2ccccc12. The van der Waals surface area contributed by atoms with Crippen molar-refractivity contribution in [2.45, 2.75) is 13.0 Å². The van der Waals surface area contributed by atoms with Gasteiger partial charge in [-0.05, 0) is 35.4 Å². The molecule has 0 fully saturated rings. The molecule has 3 rings (SSSR count). The highest BCUT2D eigenvalue weighted by atomic mass is 19.2. The maximum atomic E-state index is 13.2. The molecule has 0 bridgehead atoms. The van der Waals surface area contributed by atoms with E-state index in [1.165, 1.54) is 6.07 Å². The highest BCUT2D eigenvalue weighted by Crippen LogP contribution is 2.23. The van der Waals surface area contributed by atoms with E-state index in [1.807, 2.05) is 49.4 Å². The molecule has 150 valence electrons. The van der Waals surface area contributed by atoms with Crippen LogP contribution < -0.4 is 16.0 Å². The minimum atomic E-state index is -1.06. The monoisotopic (exact) mass is 397 g/mol. The smallest absolute Gasteiger partial charge is 0.243 e. The van der Waals surface area contributed by atoms with E-state index in [-0.39, 0.29) is 30.7 Å². The Bertz CT molecular complexity index is 1030. The Morgan fingerprint density at radius 3 is 2.45 bits per heavy atom. The third-order valence-corrected chi connectivity index (χ3v) is 4.51. The van der Waals surface area contributed by atoms with Crippen LogP contribution in [0.15, 0.2) is 60.7 Å². The van der Waals surface area contributed by atoms with E-state index in [2.05, 4.69) is 16.0 Å². The fourth-order valence-electron chi connectivity index (χ4n) is 3.00. The summed E-state index contributed by atoms with van der Waals surface area (Å²) >= 11 is 0. The zero-order valence-corrected chi connectivity index (χ0v) is 15.8. The second-order valence-corrected chi connectivity index (χ2v) is 6.62. The Morgan fingerprint density at radius 1 is 0.897 bits per heavy atom. The number of carbonyl (C=O) groups is 2. The van der Waals surface area contributed by atoms with Crippen LogP contribution in [0.3, 0.4) is 0 Å². The van der Waals surface area contributed by atoms with Crippen molar-refractivity contribution in [1.82, 2.24) is 10.6 Å². The molecule has 3 aromatic rings. The molecule has 1 atom stereocenters. The van der Waals surface area contributed by atoms with Gasteiger partial charge >= 0.3 is 0 Å². The van der Waals surface area contributed by atoms with Crippen molar-refractivity contribution in [3.05, 3.63) is 77.9 Å². The average molecular weight is 397 g/mol. The first-order chi connectivity index (χ1) is 13.9. The molecule has 0 aliphatic rings. The molecule has 0 spiro atoms. The van der Waals surface area contributed by atoms with Crippen LogP contribution in [-0.4, -0.2) is 24.9 Å². The van der Waals surface area contributed by atoms with Gasteiger partial charge in [-0.1, -0.05) is 42.5 Å². The lowest BCUT2D eigenvalue weighted by Crippen LogP contribution is -2.39. The van der Waals surface area contributed by atoms with Crippen LogP contribution in [0.2, 0.25) is 0 Å². The van der Waals surface area contributed by atoms with Crippen molar-refractivity contribution in [2.75, 3.05) is 18.4 Å². The molecular weight excluding hydrogens is 376 g/mol. The first-order valence-electron chi connectivity index (χ1n) is 9.16. The van der Waals surface area contributed by atoms with Gasteiger partial charge in [-0.3, -0.25) is 9.59 Å². The van der Waals surface area contributed by atoms with Crippen LogP contribution in [0.4, 0.5) is 14.5 Å². The summed E-state index contributed by atoms with van der Waals surface area (Å²) in [5.74, 6) is -2.94. The molecule has 29 heavy (non-hydrogen) atoms. The lowest BCUT2D eigenvalue weighted by Gasteiger charge is -2.16. The van der Waals surface area contributed by atoms with E-state index in [0.717, 1.165) is 28.5 Å². The van der Waals surface area contributed by atoms with Gasteiger partial charge in [-0.2, -0.15) is 0 Å². The van der Waals surface area contributed by atoms with E-state index in [1.54, 1.807) is 0 Å². The number of carbonyl (C=O) groups excluding carboxylic acids is 2. The summed E-state index contributed by atoms with van der Waals surface area (Å²) in [4.78, 5) is 23.9. The Labute approximate surface area is 167 Å². The van der Waals surface area contributed by atoms with Crippen LogP contribution in [-0.2, 0) is 9.59 Å². The number of amides is 2. The van der Waals surface area contributed by atoms with Crippen molar-refractivity contribution in [2.24, 2.45) is 0 Å². The topological polar surface area (TPSA) is 70.2 Å². The lowest BCUT2D eigenvalue weighted by atomic mass is 10.00. The summed E-state index contributed by atoms with van der Waals surface area (Å²) in [5.41, 5.74) is 1.19. The van der Waals surface area contributed by atoms with Crippen molar-refractivity contribution >= 4 is 28.3 Å². The lowest BCUT2D eigenvalue weighted by molar-refractivity contribution is -0.123. The van der Waals surface area contributed by atoms with Gasteiger partial charge in [0.15, 0.2) is 11.6 Å². The third-order valence-electron chi connectivity index (χ3n) is 4.51. The van der Waals surface area contributed by atoms with Gasteiger partial charge in [-0.25, -0.2) is 8.78 Å². The number of halogens is 2. The second kappa shape index (κ2) is 9.25. The molecular formula is C22H21F2N3O2. The van der Waals surface area contributed by atoms with Crippen LogP contribution in [0.1, 0.15) is 18.5 Å². The van der Waals surface area contributed by atoms with Gasteiger partial charge in [0.1, 0.15) is 0 Å². The van der Waals surface area contributed by atoms with Crippen LogP contribution in [0.5, 0.6) is 0 Å². The Hall–Kier alpha value is -3.32. The predicted molar refractivity (Wildman–Crippen MR) is 108 cm³/mol. The normalized spacial score (nSPS) is 11.8. The molecule has 0 saturated carbocycles. The molecule has 7 heteroatoms. The highest BCUT2D eigenvalue weighted by Gasteiger charge is 2.12. The number of anilines is 1. The summed E-state index contributed by atoms with van der Waals surface area (Å²) in [6.45, 7) is 1.72. The molecule has 5 nitrogen and oxygen atoms in total. The molecule has 0 aliphatic carbocycles. The van der Waals surface area contributed by atoms with Gasteiger partial charge in [0.05, 0.1) is 13.1 Å². The summed E-state index contributed by atoms with van der Waals surface area (Å²) in [6, 6.07) is 17.0. The van der Waals surface area contributed by atoms with E-state index in [9.17, 15) is 18.4 Å². The van der Waals surface area contributed by atoms with E-state index < -0.39 is 17.5 Å². The molecule has 0 heterocycles. The van der Waals surface area contributed by atoms with Gasteiger partial charge in [0.25, 0.3) is 0 Å². The Balaban J connectivity index is 1.48. The summed E-state index contributed by atoms with van der Waals surface area (Å²) in [7, 11) is 0. The first-order valence-corrected chi connectivity index (χ1v) is 9.16. The maximum Gasteiger partial charge on any atom is 0.243 e. The fourth-order valence-corrected chi connectivity index (χ4v) is 3.00. The van der Waals surface area contributed by atoms with E-state index >= 15 is 0 Å². The van der Waals surface area contributed by atoms with Crippen molar-refractivity contribution < 1.29 is 18.4 Å². The highest BCUT2D eigenvalue weighted by molar-refractivity contribution is 5.94. The molecule has 3 N–H and O–H groups in total. The number of benzene rings is 3. The molecule has 0 saturated heterocycles. The van der Waals surface area contributed by atoms with Gasteiger partial charge in [0.2, 0.25) is 11.8 Å². The number of fused-ring (bicyclic) bond motifs is 1. The van der Waals surface area contributed by atoms with Gasteiger partial charge < -0.3 is 16.0 Å². The summed E-state index contributed by atoms with van der Waals surface area (Å²) < 4.78 is 26.1. The van der Waals surface area contributed by atoms with E-state index in [0.29, 0.717) is 0 Å². The van der Waals surface area contributed by atoms with Crippen molar-refractivity contribution in [1.29, 1.82) is 0 Å². The number of hydrogen-bond donors (Lipinski definition) is 3. The largest absolute Gasteiger partial charge is 0.346 e. The van der Waals surface area contributed by atoms with E-state index in [4.69, 9.17) is 0 Å². The number of rotatable bonds is 7. The number of hydrogen-bond acceptors (Lipinski definition) is 3. The van der Waals surface area contributed by atoms with Crippen LogP contribution in [0.25, 0.3) is 10.8 Å². The molecule has 0 aliphatic heterocycles. The van der Waals surface area contributed by atoms with Gasteiger partial charge in [0, 0.05) is 17.8 Å². The predicted octanol–water partition coefficient (Wildman–Crippen LogP) is 3.52. The summed E-state index contributed by atoms with van der Waals surface area (Å²) in [6.07, 6.45) is 0. The molecule has 0 radical (unpaired) electrons. The minimum absolute atomic E-state index is 0.0306. The van der Waals surface area contributed by atoms with Crippen molar-refractivity contribution in [3.8, 4) is 0 Å². The maximum absolute atomic E-state index is 13.2. The van der Waals surface area contributed by atoms with Crippen LogP contribution >= 0.6 is 0 Å². The van der Waals surface area contributed by atoms with Crippen LogP contribution in [0, 0.1) is 11.6 Å². The fraction of sp³-hybridized carbons (Fsp3) is 0.182. The Morgan fingerprint density at radius 2 is 1.66 bits per heavy atom. The van der Waals surface area contributed by atoms with Crippen molar-refractivity contribution in [3.63, 3.8) is 0 Å². The zero-order chi connectivity index (χ0) is 20.8. The Kier molecular flexibility index (Phi) is 6.51. The minimum Gasteiger partial charge on any atom is -0.346 e. The first kappa shape index (κ1) is 20.4.